The fraction of sp³-hybridized carbons (Fsp3) is 0.125. The van der Waals surface area contributed by atoms with Crippen molar-refractivity contribution < 1.29 is 13.9 Å². The summed E-state index contributed by atoms with van der Waals surface area (Å²) in [4.78, 5) is 13.2. The van der Waals surface area contributed by atoms with Gasteiger partial charge in [0.2, 0.25) is 11.2 Å². The van der Waals surface area contributed by atoms with Gasteiger partial charge < -0.3 is 13.9 Å². The van der Waals surface area contributed by atoms with Gasteiger partial charge in [-0.25, -0.2) is 0 Å². The summed E-state index contributed by atoms with van der Waals surface area (Å²) in [6.07, 6.45) is 0. The smallest absolute Gasteiger partial charge is 0.235 e. The van der Waals surface area contributed by atoms with Crippen LogP contribution in [0.15, 0.2) is 75.9 Å². The van der Waals surface area contributed by atoms with Crippen molar-refractivity contribution in [2.24, 2.45) is 0 Å². The van der Waals surface area contributed by atoms with Crippen molar-refractivity contribution in [3.05, 3.63) is 93.1 Å². The molecule has 0 N–H and O–H groups in total. The van der Waals surface area contributed by atoms with E-state index in [1.807, 2.05) is 55.5 Å². The van der Waals surface area contributed by atoms with Gasteiger partial charge in [-0.2, -0.15) is 0 Å². The Balaban J connectivity index is 1.82. The van der Waals surface area contributed by atoms with Gasteiger partial charge in [-0.05, 0) is 66.6 Å². The molecule has 1 heterocycles. The third kappa shape index (κ3) is 3.98. The van der Waals surface area contributed by atoms with E-state index in [0.29, 0.717) is 21.8 Å². The van der Waals surface area contributed by atoms with Crippen molar-refractivity contribution in [1.29, 1.82) is 0 Å². The number of methoxy groups -OCH3 is 1. The summed E-state index contributed by atoms with van der Waals surface area (Å²) in [7, 11) is 1.61. The predicted octanol–water partition coefficient (Wildman–Crippen LogP) is 6.01. The third-order valence-corrected chi connectivity index (χ3v) is 4.91. The van der Waals surface area contributed by atoms with Crippen molar-refractivity contribution in [3.8, 4) is 22.8 Å². The molecule has 3 aromatic carbocycles. The molecule has 0 saturated carbocycles. The number of ether oxygens (including phenoxy) is 2. The minimum atomic E-state index is -0.203. The lowest BCUT2D eigenvalue weighted by Gasteiger charge is -2.12. The van der Waals surface area contributed by atoms with Gasteiger partial charge in [0.05, 0.1) is 12.5 Å². The van der Waals surface area contributed by atoms with E-state index in [2.05, 4.69) is 0 Å². The van der Waals surface area contributed by atoms with E-state index in [-0.39, 0.29) is 17.8 Å². The zero-order chi connectivity index (χ0) is 20.4. The number of hydrogen-bond donors (Lipinski definition) is 0. The average molecular weight is 407 g/mol. The molecule has 0 aliphatic carbocycles. The number of benzene rings is 3. The minimum Gasteiger partial charge on any atom is -0.497 e. The molecule has 0 aliphatic rings. The van der Waals surface area contributed by atoms with Gasteiger partial charge in [0.15, 0.2) is 5.76 Å². The molecule has 0 aliphatic heterocycles. The lowest BCUT2D eigenvalue weighted by atomic mass is 10.1. The zero-order valence-electron chi connectivity index (χ0n) is 16.1. The average Bonchev–Trinajstić information content (AvgIpc) is 2.74. The van der Waals surface area contributed by atoms with E-state index in [4.69, 9.17) is 25.5 Å². The summed E-state index contributed by atoms with van der Waals surface area (Å²) >= 11 is 5.95. The second-order valence-electron chi connectivity index (χ2n) is 6.73. The molecule has 0 spiro atoms. The predicted molar refractivity (Wildman–Crippen MR) is 115 cm³/mol. The Morgan fingerprint density at radius 2 is 1.69 bits per heavy atom. The summed E-state index contributed by atoms with van der Waals surface area (Å²) in [6, 6.07) is 20.1. The first-order valence-corrected chi connectivity index (χ1v) is 9.52. The lowest BCUT2D eigenvalue weighted by Crippen LogP contribution is -2.10. The van der Waals surface area contributed by atoms with E-state index in [1.165, 1.54) is 0 Å². The molecule has 4 rings (SSSR count). The van der Waals surface area contributed by atoms with Crippen LogP contribution in [0.5, 0.6) is 11.5 Å². The summed E-state index contributed by atoms with van der Waals surface area (Å²) in [5, 5.41) is 1.13. The Morgan fingerprint density at radius 1 is 0.966 bits per heavy atom. The van der Waals surface area contributed by atoms with E-state index in [1.54, 1.807) is 25.3 Å². The van der Waals surface area contributed by atoms with Crippen molar-refractivity contribution in [2.75, 3.05) is 7.11 Å². The topological polar surface area (TPSA) is 48.7 Å². The first-order valence-electron chi connectivity index (χ1n) is 9.14. The molecule has 146 valence electrons. The molecule has 0 unspecified atom stereocenters. The van der Waals surface area contributed by atoms with Gasteiger partial charge in [-0.3, -0.25) is 4.79 Å². The maximum absolute atomic E-state index is 13.2. The molecule has 0 saturated heterocycles. The molecule has 4 nitrogen and oxygen atoms in total. The fourth-order valence-corrected chi connectivity index (χ4v) is 3.21. The standard InChI is InChI=1S/C24H19ClO4/c1-15-3-12-20-21(13-15)29-23(17-6-10-19(27-2)11-7-17)24(22(20)26)28-14-16-4-8-18(25)9-5-16/h3-13H,14H2,1-2H3. The van der Waals surface area contributed by atoms with Crippen LogP contribution in [-0.4, -0.2) is 7.11 Å². The maximum Gasteiger partial charge on any atom is 0.235 e. The summed E-state index contributed by atoms with van der Waals surface area (Å²) in [5.41, 5.74) is 2.97. The van der Waals surface area contributed by atoms with Gasteiger partial charge >= 0.3 is 0 Å². The Kier molecular flexibility index (Phi) is 5.28. The van der Waals surface area contributed by atoms with Crippen molar-refractivity contribution in [1.82, 2.24) is 0 Å². The van der Waals surface area contributed by atoms with Gasteiger partial charge in [-0.15, -0.1) is 0 Å². The van der Waals surface area contributed by atoms with Crippen molar-refractivity contribution in [2.45, 2.75) is 13.5 Å². The monoisotopic (exact) mass is 406 g/mol. The molecule has 0 atom stereocenters. The molecule has 4 aromatic rings. The molecule has 1 aromatic heterocycles. The largest absolute Gasteiger partial charge is 0.497 e. The highest BCUT2D eigenvalue weighted by atomic mass is 35.5. The number of hydrogen-bond acceptors (Lipinski definition) is 4. The summed E-state index contributed by atoms with van der Waals surface area (Å²) < 4.78 is 17.3. The number of aryl methyl sites for hydroxylation is 1. The molecular weight excluding hydrogens is 388 g/mol. The van der Waals surface area contributed by atoms with Crippen LogP contribution in [0.2, 0.25) is 5.02 Å². The van der Waals surface area contributed by atoms with E-state index < -0.39 is 0 Å². The molecule has 0 radical (unpaired) electrons. The normalized spacial score (nSPS) is 10.9. The van der Waals surface area contributed by atoms with Gasteiger partial charge in [0.25, 0.3) is 0 Å². The highest BCUT2D eigenvalue weighted by Crippen LogP contribution is 2.32. The van der Waals surface area contributed by atoms with Gasteiger partial charge in [0.1, 0.15) is 17.9 Å². The maximum atomic E-state index is 13.2. The third-order valence-electron chi connectivity index (χ3n) is 4.65. The Labute approximate surface area is 173 Å². The molecule has 0 bridgehead atoms. The molecule has 0 fully saturated rings. The van der Waals surface area contributed by atoms with Gasteiger partial charge in [-0.1, -0.05) is 29.8 Å². The number of fused-ring (bicyclic) bond motifs is 1. The van der Waals surface area contributed by atoms with E-state index in [9.17, 15) is 4.79 Å². The van der Waals surface area contributed by atoms with Crippen LogP contribution in [0.1, 0.15) is 11.1 Å². The van der Waals surface area contributed by atoms with Gasteiger partial charge in [0, 0.05) is 10.6 Å². The molecule has 5 heteroatoms. The molecule has 29 heavy (non-hydrogen) atoms. The van der Waals surface area contributed by atoms with Crippen molar-refractivity contribution >= 4 is 22.6 Å². The fourth-order valence-electron chi connectivity index (χ4n) is 3.08. The quantitative estimate of drug-likeness (QED) is 0.407. The highest BCUT2D eigenvalue weighted by Gasteiger charge is 2.18. The van der Waals surface area contributed by atoms with Crippen LogP contribution < -0.4 is 14.9 Å². The number of halogens is 1. The number of rotatable bonds is 5. The summed E-state index contributed by atoms with van der Waals surface area (Å²) in [5.74, 6) is 1.29. The lowest BCUT2D eigenvalue weighted by molar-refractivity contribution is 0.298. The zero-order valence-corrected chi connectivity index (χ0v) is 16.8. The van der Waals surface area contributed by atoms with Crippen LogP contribution in [0.25, 0.3) is 22.3 Å². The van der Waals surface area contributed by atoms with Crippen molar-refractivity contribution in [3.63, 3.8) is 0 Å². The second-order valence-corrected chi connectivity index (χ2v) is 7.17. The Morgan fingerprint density at radius 3 is 2.38 bits per heavy atom. The first kappa shape index (κ1) is 19.1. The molecule has 0 amide bonds. The minimum absolute atomic E-state index is 0.182. The van der Waals surface area contributed by atoms with Crippen LogP contribution in [-0.2, 0) is 6.61 Å². The van der Waals surface area contributed by atoms with Crippen LogP contribution in [0.3, 0.4) is 0 Å². The van der Waals surface area contributed by atoms with Crippen LogP contribution in [0.4, 0.5) is 0 Å². The van der Waals surface area contributed by atoms with E-state index >= 15 is 0 Å². The summed E-state index contributed by atoms with van der Waals surface area (Å²) in [6.45, 7) is 2.18. The first-order chi connectivity index (χ1) is 14.0. The van der Waals surface area contributed by atoms with Crippen LogP contribution >= 0.6 is 11.6 Å². The Bertz CT molecular complexity index is 1210. The Hall–Kier alpha value is -3.24. The van der Waals surface area contributed by atoms with Crippen LogP contribution in [0, 0.1) is 6.92 Å². The highest BCUT2D eigenvalue weighted by molar-refractivity contribution is 6.30. The second kappa shape index (κ2) is 8.02. The SMILES string of the molecule is COc1ccc(-c2oc3cc(C)ccc3c(=O)c2OCc2ccc(Cl)cc2)cc1. The van der Waals surface area contributed by atoms with E-state index in [0.717, 1.165) is 22.4 Å². The molecular formula is C24H19ClO4.